The minimum absolute atomic E-state index is 0.738. The van der Waals surface area contributed by atoms with Gasteiger partial charge in [-0.25, -0.2) is 0 Å². The van der Waals surface area contributed by atoms with Gasteiger partial charge in [-0.15, -0.1) is 0 Å². The summed E-state index contributed by atoms with van der Waals surface area (Å²) in [6.45, 7) is 2.08. The van der Waals surface area contributed by atoms with Crippen LogP contribution in [0, 0.1) is 13.8 Å². The molecule has 2 aliphatic heterocycles. The lowest BCUT2D eigenvalue weighted by Gasteiger charge is -2.45. The van der Waals surface area contributed by atoms with E-state index in [9.17, 15) is 0 Å². The normalized spacial score (nSPS) is 14.4. The number of rotatable bonds is 2. The van der Waals surface area contributed by atoms with Gasteiger partial charge in [0.15, 0.2) is 11.4 Å². The Morgan fingerprint density at radius 1 is 0.710 bits per heavy atom. The largest absolute Gasteiger partial charge is 0.689 e. The highest BCUT2D eigenvalue weighted by Crippen LogP contribution is 2.42. The fraction of sp³-hybridized carbons (Fsp3) is 0.115. The molecule has 5 heteroatoms. The van der Waals surface area contributed by atoms with Crippen LogP contribution in [0.5, 0.6) is 17.2 Å². The van der Waals surface area contributed by atoms with Crippen LogP contribution in [0.2, 0.25) is 0 Å². The van der Waals surface area contributed by atoms with Crippen molar-refractivity contribution in [3.63, 3.8) is 0 Å². The minimum atomic E-state index is -2.12. The first-order valence-corrected chi connectivity index (χ1v) is 10.5. The summed E-state index contributed by atoms with van der Waals surface area (Å²) in [7, 11) is 1.68. The highest BCUT2D eigenvalue weighted by Gasteiger charge is 2.57. The minimum Gasteiger partial charge on any atom is -0.618 e. The van der Waals surface area contributed by atoms with Crippen LogP contribution in [0.1, 0.15) is 11.1 Å². The molecule has 2 aliphatic rings. The lowest BCUT2D eigenvalue weighted by molar-refractivity contribution is -0.548. The summed E-state index contributed by atoms with van der Waals surface area (Å²) in [5, 5.41) is 0. The Labute approximate surface area is 181 Å². The smallest absolute Gasteiger partial charge is 0.618 e. The molecule has 0 spiro atoms. The molecule has 0 aliphatic carbocycles. The Morgan fingerprint density at radius 2 is 1.29 bits per heavy atom. The second-order valence-corrected chi connectivity index (χ2v) is 8.31. The quantitative estimate of drug-likeness (QED) is 0.462. The van der Waals surface area contributed by atoms with Crippen LogP contribution in [-0.2, 0) is 0 Å². The number of aromatic nitrogens is 1. The topological polar surface area (TPSA) is 31.6 Å². The Kier molecular flexibility index (Phi) is 3.72. The van der Waals surface area contributed by atoms with Crippen LogP contribution in [0.3, 0.4) is 0 Å². The van der Waals surface area contributed by atoms with Crippen molar-refractivity contribution in [3.8, 4) is 39.8 Å². The molecule has 0 radical (unpaired) electrons. The van der Waals surface area contributed by atoms with Crippen LogP contribution >= 0.6 is 0 Å². The summed E-state index contributed by atoms with van der Waals surface area (Å²) in [5.41, 5.74) is 7.52. The van der Waals surface area contributed by atoms with Gasteiger partial charge in [0.2, 0.25) is 0 Å². The van der Waals surface area contributed by atoms with E-state index in [1.165, 1.54) is 11.1 Å². The van der Waals surface area contributed by atoms with Crippen molar-refractivity contribution >= 4 is 12.1 Å². The van der Waals surface area contributed by atoms with E-state index in [0.717, 1.165) is 45.2 Å². The lowest BCUT2D eigenvalue weighted by Crippen LogP contribution is -2.83. The number of nitrogens with zero attached hydrogens (tertiary/aromatic N) is 1. The predicted molar refractivity (Wildman–Crippen MR) is 122 cm³/mol. The fourth-order valence-electron chi connectivity index (χ4n) is 4.93. The van der Waals surface area contributed by atoms with E-state index in [1.807, 2.05) is 36.4 Å². The SMILES string of the molecule is COc1ccccc1[B-]12Oc3ccc(C)cc3-c3cccc([n+]31)-c1cc(C)ccc1O2. The predicted octanol–water partition coefficient (Wildman–Crippen LogP) is 4.41. The third-order valence-corrected chi connectivity index (χ3v) is 6.29. The van der Waals surface area contributed by atoms with Gasteiger partial charge in [-0.05, 0) is 50.2 Å². The van der Waals surface area contributed by atoms with Crippen molar-refractivity contribution in [2.75, 3.05) is 7.11 Å². The van der Waals surface area contributed by atoms with Crippen molar-refractivity contribution in [1.82, 2.24) is 0 Å². The number of fused-ring (bicyclic) bond motifs is 4. The van der Waals surface area contributed by atoms with Crippen molar-refractivity contribution in [3.05, 3.63) is 90.0 Å². The standard InChI is InChI=1S/C26H22BNO3/c1-17-11-13-24-19(15-17)22-8-6-9-23-20-16-18(2)12-14-25(20)31-27(30-24,28(22)23)21-7-4-5-10-26(21)29-3/h4-16H,1-3H3. The summed E-state index contributed by atoms with van der Waals surface area (Å²) in [6.07, 6.45) is 0. The third kappa shape index (κ3) is 2.46. The zero-order chi connectivity index (χ0) is 21.2. The molecule has 4 aromatic rings. The molecule has 4 nitrogen and oxygen atoms in total. The molecule has 31 heavy (non-hydrogen) atoms. The number of para-hydroxylation sites is 1. The van der Waals surface area contributed by atoms with Crippen LogP contribution in [0.25, 0.3) is 22.5 Å². The number of ether oxygens (including phenoxy) is 1. The Hall–Kier alpha value is -3.73. The monoisotopic (exact) mass is 407 g/mol. The molecule has 0 bridgehead atoms. The zero-order valence-electron chi connectivity index (χ0n) is 17.8. The van der Waals surface area contributed by atoms with E-state index in [2.05, 4.69) is 60.8 Å². The molecule has 6 rings (SSSR count). The Balaban J connectivity index is 1.76. The Morgan fingerprint density at radius 3 is 1.87 bits per heavy atom. The van der Waals surface area contributed by atoms with Crippen molar-refractivity contribution < 1.29 is 18.5 Å². The second-order valence-electron chi connectivity index (χ2n) is 8.31. The maximum atomic E-state index is 6.82. The summed E-state index contributed by atoms with van der Waals surface area (Å²) >= 11 is 0. The summed E-state index contributed by atoms with van der Waals surface area (Å²) in [4.78, 5) is 0. The zero-order valence-corrected chi connectivity index (χ0v) is 17.8. The van der Waals surface area contributed by atoms with Crippen molar-refractivity contribution in [1.29, 1.82) is 0 Å². The van der Waals surface area contributed by atoms with Gasteiger partial charge >= 0.3 is 6.69 Å². The van der Waals surface area contributed by atoms with E-state index < -0.39 is 6.69 Å². The molecule has 0 fully saturated rings. The van der Waals surface area contributed by atoms with E-state index >= 15 is 0 Å². The molecule has 1 aromatic heterocycles. The second kappa shape index (κ2) is 6.38. The van der Waals surface area contributed by atoms with E-state index in [0.29, 0.717) is 0 Å². The maximum absolute atomic E-state index is 6.82. The highest BCUT2D eigenvalue weighted by molar-refractivity contribution is 6.76. The number of methoxy groups -OCH3 is 1. The summed E-state index contributed by atoms with van der Waals surface area (Å²) < 4.78 is 21.6. The molecule has 0 amide bonds. The Bertz CT molecular complexity index is 1290. The van der Waals surface area contributed by atoms with Crippen molar-refractivity contribution in [2.45, 2.75) is 13.8 Å². The average Bonchev–Trinajstić information content (AvgIpc) is 2.80. The highest BCUT2D eigenvalue weighted by atomic mass is 16.6. The number of aryl methyl sites for hydroxylation is 2. The molecule has 3 heterocycles. The van der Waals surface area contributed by atoms with Crippen LogP contribution in [0.4, 0.5) is 0 Å². The molecule has 0 saturated heterocycles. The number of hydrogen-bond donors (Lipinski definition) is 0. The molecule has 0 saturated carbocycles. The van der Waals surface area contributed by atoms with E-state index in [1.54, 1.807) is 7.11 Å². The van der Waals surface area contributed by atoms with Crippen LogP contribution in [-0.4, -0.2) is 13.8 Å². The van der Waals surface area contributed by atoms with Gasteiger partial charge in [-0.2, -0.15) is 0 Å². The first kappa shape index (κ1) is 18.1. The van der Waals surface area contributed by atoms with Gasteiger partial charge in [0, 0.05) is 17.6 Å². The molecular formula is C26H22BNO3. The summed E-state index contributed by atoms with van der Waals surface area (Å²) in [6, 6.07) is 26.9. The number of hydrogen-bond acceptors (Lipinski definition) is 3. The molecular weight excluding hydrogens is 385 g/mol. The van der Waals surface area contributed by atoms with Crippen LogP contribution in [0.15, 0.2) is 78.9 Å². The lowest BCUT2D eigenvalue weighted by atomic mass is 9.59. The molecule has 3 aromatic carbocycles. The third-order valence-electron chi connectivity index (χ3n) is 6.29. The molecule has 0 N–H and O–H groups in total. The molecule has 152 valence electrons. The van der Waals surface area contributed by atoms with E-state index in [4.69, 9.17) is 14.0 Å². The first-order valence-electron chi connectivity index (χ1n) is 10.5. The maximum Gasteiger partial charge on any atom is 0.689 e. The van der Waals surface area contributed by atoms with Gasteiger partial charge < -0.3 is 18.5 Å². The van der Waals surface area contributed by atoms with Crippen molar-refractivity contribution in [2.24, 2.45) is 0 Å². The average molecular weight is 407 g/mol. The van der Waals surface area contributed by atoms with E-state index in [-0.39, 0.29) is 0 Å². The first-order chi connectivity index (χ1) is 15.1. The van der Waals surface area contributed by atoms with Gasteiger partial charge in [0.05, 0.1) is 35.5 Å². The summed E-state index contributed by atoms with van der Waals surface area (Å²) in [5.74, 6) is 2.36. The van der Waals surface area contributed by atoms with Gasteiger partial charge in [-0.3, -0.25) is 0 Å². The van der Waals surface area contributed by atoms with Gasteiger partial charge in [-0.1, -0.05) is 41.5 Å². The molecule has 0 unspecified atom stereocenters. The fourth-order valence-corrected chi connectivity index (χ4v) is 4.93. The van der Waals surface area contributed by atoms with Gasteiger partial charge in [0.25, 0.3) is 0 Å². The van der Waals surface area contributed by atoms with Crippen LogP contribution < -0.4 is 24.0 Å². The molecule has 0 atom stereocenters. The number of pyridine rings is 1. The van der Waals surface area contributed by atoms with Gasteiger partial charge in [0.1, 0.15) is 0 Å². The number of benzene rings is 3.